The Hall–Kier alpha value is -3.34. The number of nitrogens with one attached hydrogen (secondary N) is 2. The van der Waals surface area contributed by atoms with Crippen molar-refractivity contribution in [2.75, 3.05) is 0 Å². The molecule has 0 atom stereocenters. The highest BCUT2D eigenvalue weighted by atomic mass is 16.2. The predicted molar refractivity (Wildman–Crippen MR) is 106 cm³/mol. The van der Waals surface area contributed by atoms with E-state index >= 15 is 0 Å². The summed E-state index contributed by atoms with van der Waals surface area (Å²) in [5.74, 6) is -0.676. The lowest BCUT2D eigenvalue weighted by atomic mass is 10.0. The number of nitrogens with zero attached hydrogens (tertiary/aromatic N) is 1. The lowest BCUT2D eigenvalue weighted by Gasteiger charge is -2.11. The predicted octanol–water partition coefficient (Wildman–Crippen LogP) is 3.79. The van der Waals surface area contributed by atoms with E-state index in [1.165, 1.54) is 0 Å². The summed E-state index contributed by atoms with van der Waals surface area (Å²) in [7, 11) is 0. The number of aromatic nitrogens is 1. The molecule has 1 aromatic heterocycles. The molecule has 3 aromatic rings. The zero-order valence-electron chi connectivity index (χ0n) is 16.0. The first-order valence-corrected chi connectivity index (χ1v) is 8.81. The summed E-state index contributed by atoms with van der Waals surface area (Å²) < 4.78 is 2.02. The summed E-state index contributed by atoms with van der Waals surface area (Å²) in [6.45, 7) is 7.68. The van der Waals surface area contributed by atoms with Crippen molar-refractivity contribution in [3.63, 3.8) is 0 Å². The second-order valence-corrected chi connectivity index (χ2v) is 6.61. The van der Waals surface area contributed by atoms with Crippen LogP contribution in [0, 0.1) is 27.7 Å². The number of aryl methyl sites for hydroxylation is 2. The molecule has 3 rings (SSSR count). The maximum absolute atomic E-state index is 12.6. The molecule has 2 aromatic carbocycles. The number of amides is 2. The van der Waals surface area contributed by atoms with Crippen LogP contribution in [0.15, 0.2) is 54.6 Å². The Labute approximate surface area is 159 Å². The summed E-state index contributed by atoms with van der Waals surface area (Å²) >= 11 is 0. The Bertz CT molecular complexity index is 1000. The van der Waals surface area contributed by atoms with Gasteiger partial charge in [0.1, 0.15) is 0 Å². The standard InChI is InChI=1S/C22H23N3O2/c1-14-9-8-12-19(16(14)3)21(26)23-24-22(27)20-13-15(2)25(17(20)4)18-10-6-5-7-11-18/h5-13H,1-4H3,(H,23,26)(H,24,27). The third kappa shape index (κ3) is 3.62. The minimum absolute atomic E-state index is 0.332. The monoisotopic (exact) mass is 361 g/mol. The first-order chi connectivity index (χ1) is 12.9. The first-order valence-electron chi connectivity index (χ1n) is 8.81. The van der Waals surface area contributed by atoms with Gasteiger partial charge in [-0.1, -0.05) is 30.3 Å². The number of carbonyl (C=O) groups is 2. The molecule has 0 aliphatic rings. The lowest BCUT2D eigenvalue weighted by Crippen LogP contribution is -2.42. The molecular formula is C22H23N3O2. The van der Waals surface area contributed by atoms with Crippen molar-refractivity contribution in [2.24, 2.45) is 0 Å². The maximum atomic E-state index is 12.6. The van der Waals surface area contributed by atoms with Gasteiger partial charge in [0, 0.05) is 22.6 Å². The largest absolute Gasteiger partial charge is 0.318 e. The lowest BCUT2D eigenvalue weighted by molar-refractivity contribution is 0.0846. The number of hydrogen-bond acceptors (Lipinski definition) is 2. The number of carbonyl (C=O) groups excluding carboxylic acids is 2. The Morgan fingerprint density at radius 3 is 2.07 bits per heavy atom. The van der Waals surface area contributed by atoms with Crippen LogP contribution in [0.4, 0.5) is 0 Å². The fourth-order valence-electron chi connectivity index (χ4n) is 3.21. The third-order valence-corrected chi connectivity index (χ3v) is 4.83. The second kappa shape index (κ2) is 7.50. The molecule has 0 saturated heterocycles. The third-order valence-electron chi connectivity index (χ3n) is 4.83. The van der Waals surface area contributed by atoms with Crippen molar-refractivity contribution >= 4 is 11.8 Å². The molecule has 0 aliphatic carbocycles. The normalized spacial score (nSPS) is 10.5. The van der Waals surface area contributed by atoms with E-state index in [0.717, 1.165) is 28.2 Å². The van der Waals surface area contributed by atoms with Crippen LogP contribution in [0.5, 0.6) is 0 Å². The van der Waals surface area contributed by atoms with Crippen LogP contribution in [0.2, 0.25) is 0 Å². The molecule has 27 heavy (non-hydrogen) atoms. The molecule has 0 bridgehead atoms. The van der Waals surface area contributed by atoms with E-state index < -0.39 is 0 Å². The van der Waals surface area contributed by atoms with Crippen LogP contribution >= 0.6 is 0 Å². The molecule has 0 saturated carbocycles. The van der Waals surface area contributed by atoms with Crippen molar-refractivity contribution in [2.45, 2.75) is 27.7 Å². The molecule has 2 amide bonds. The topological polar surface area (TPSA) is 63.1 Å². The quantitative estimate of drug-likeness (QED) is 0.697. The Balaban J connectivity index is 1.78. The van der Waals surface area contributed by atoms with Crippen LogP contribution in [0.1, 0.15) is 43.2 Å². The van der Waals surface area contributed by atoms with Gasteiger partial charge in [-0.3, -0.25) is 20.4 Å². The molecule has 0 spiro atoms. The highest BCUT2D eigenvalue weighted by Crippen LogP contribution is 2.20. The van der Waals surface area contributed by atoms with E-state index in [0.29, 0.717) is 11.1 Å². The van der Waals surface area contributed by atoms with Crippen molar-refractivity contribution in [1.29, 1.82) is 0 Å². The zero-order valence-corrected chi connectivity index (χ0v) is 16.0. The Morgan fingerprint density at radius 2 is 1.41 bits per heavy atom. The van der Waals surface area contributed by atoms with Gasteiger partial charge in [0.05, 0.1) is 5.56 Å². The van der Waals surface area contributed by atoms with E-state index in [1.807, 2.05) is 80.8 Å². The number of benzene rings is 2. The van der Waals surface area contributed by atoms with E-state index in [-0.39, 0.29) is 11.8 Å². The molecule has 0 aliphatic heterocycles. The molecule has 0 fully saturated rings. The number of hydrazine groups is 1. The van der Waals surface area contributed by atoms with Crippen molar-refractivity contribution in [3.8, 4) is 5.69 Å². The molecule has 5 heteroatoms. The van der Waals surface area contributed by atoms with Crippen LogP contribution in [-0.2, 0) is 0 Å². The minimum atomic E-state index is -0.344. The fraction of sp³-hybridized carbons (Fsp3) is 0.182. The van der Waals surface area contributed by atoms with Crippen molar-refractivity contribution < 1.29 is 9.59 Å². The molecular weight excluding hydrogens is 338 g/mol. The first kappa shape index (κ1) is 18.5. The maximum Gasteiger partial charge on any atom is 0.271 e. The average molecular weight is 361 g/mol. The van der Waals surface area contributed by atoms with Crippen LogP contribution in [0.3, 0.4) is 0 Å². The second-order valence-electron chi connectivity index (χ2n) is 6.61. The molecule has 0 radical (unpaired) electrons. The van der Waals surface area contributed by atoms with Gasteiger partial charge >= 0.3 is 0 Å². The van der Waals surface area contributed by atoms with Gasteiger partial charge < -0.3 is 4.57 Å². The number of rotatable bonds is 3. The minimum Gasteiger partial charge on any atom is -0.318 e. The van der Waals surface area contributed by atoms with Gasteiger partial charge in [0.25, 0.3) is 11.8 Å². The molecule has 1 heterocycles. The summed E-state index contributed by atoms with van der Waals surface area (Å²) in [5, 5.41) is 0. The van der Waals surface area contributed by atoms with E-state index in [4.69, 9.17) is 0 Å². The van der Waals surface area contributed by atoms with E-state index in [2.05, 4.69) is 10.9 Å². The van der Waals surface area contributed by atoms with E-state index in [1.54, 1.807) is 6.07 Å². The zero-order chi connectivity index (χ0) is 19.6. The van der Waals surface area contributed by atoms with Gasteiger partial charge in [0.15, 0.2) is 0 Å². The van der Waals surface area contributed by atoms with Crippen LogP contribution in [-0.4, -0.2) is 16.4 Å². The SMILES string of the molecule is Cc1cccc(C(=O)NNC(=O)c2cc(C)n(-c3ccccc3)c2C)c1C. The molecule has 5 nitrogen and oxygen atoms in total. The Kier molecular flexibility index (Phi) is 5.12. The van der Waals surface area contributed by atoms with Gasteiger partial charge in [0.2, 0.25) is 0 Å². The summed E-state index contributed by atoms with van der Waals surface area (Å²) in [4.78, 5) is 25.0. The summed E-state index contributed by atoms with van der Waals surface area (Å²) in [6, 6.07) is 17.2. The number of hydrogen-bond donors (Lipinski definition) is 2. The number of para-hydroxylation sites is 1. The van der Waals surface area contributed by atoms with Gasteiger partial charge in [-0.15, -0.1) is 0 Å². The van der Waals surface area contributed by atoms with Gasteiger partial charge in [-0.25, -0.2) is 0 Å². The van der Waals surface area contributed by atoms with Crippen LogP contribution < -0.4 is 10.9 Å². The molecule has 2 N–H and O–H groups in total. The van der Waals surface area contributed by atoms with Crippen LogP contribution in [0.25, 0.3) is 5.69 Å². The van der Waals surface area contributed by atoms with Crippen molar-refractivity contribution in [1.82, 2.24) is 15.4 Å². The Morgan fingerprint density at radius 1 is 0.778 bits per heavy atom. The molecule has 0 unspecified atom stereocenters. The summed E-state index contributed by atoms with van der Waals surface area (Å²) in [5.41, 5.74) is 10.8. The molecule has 138 valence electrons. The summed E-state index contributed by atoms with van der Waals surface area (Å²) in [6.07, 6.45) is 0. The van der Waals surface area contributed by atoms with Gasteiger partial charge in [-0.05, 0) is 63.1 Å². The highest BCUT2D eigenvalue weighted by molar-refractivity contribution is 6.00. The average Bonchev–Trinajstić information content (AvgIpc) is 2.96. The van der Waals surface area contributed by atoms with Crippen molar-refractivity contribution in [3.05, 3.63) is 88.2 Å². The fourth-order valence-corrected chi connectivity index (χ4v) is 3.21. The highest BCUT2D eigenvalue weighted by Gasteiger charge is 2.18. The van der Waals surface area contributed by atoms with E-state index in [9.17, 15) is 9.59 Å². The van der Waals surface area contributed by atoms with Gasteiger partial charge in [-0.2, -0.15) is 0 Å². The smallest absolute Gasteiger partial charge is 0.271 e.